The maximum Gasteiger partial charge on any atom is 0.425 e. The summed E-state index contributed by atoms with van der Waals surface area (Å²) in [6.07, 6.45) is -13.6. The SMILES string of the molecule is CCC(F)(C(C)(F)C(F)(F)F)C(C)(F)C(F)(F)F. The molecule has 0 spiro atoms. The molecule has 18 heavy (non-hydrogen) atoms. The third kappa shape index (κ3) is 2.16. The number of rotatable bonds is 3. The molecule has 0 aliphatic rings. The Kier molecular flexibility index (Phi) is 4.05. The average molecular weight is 290 g/mol. The number of hydrogen-bond acceptors (Lipinski definition) is 0. The Morgan fingerprint density at radius 2 is 0.833 bits per heavy atom. The molecule has 0 N–H and O–H groups in total. The molecule has 0 rings (SSSR count). The van der Waals surface area contributed by atoms with Crippen molar-refractivity contribution in [2.24, 2.45) is 0 Å². The lowest BCUT2D eigenvalue weighted by atomic mass is 9.73. The first-order valence-electron chi connectivity index (χ1n) is 4.76. The van der Waals surface area contributed by atoms with Gasteiger partial charge in [-0.3, -0.25) is 0 Å². The maximum atomic E-state index is 13.9. The van der Waals surface area contributed by atoms with Crippen molar-refractivity contribution < 1.29 is 39.5 Å². The fourth-order valence-electron chi connectivity index (χ4n) is 1.55. The molecule has 0 amide bonds. The summed E-state index contributed by atoms with van der Waals surface area (Å²) in [7, 11) is 0. The third-order valence-corrected chi connectivity index (χ3v) is 3.04. The topological polar surface area (TPSA) is 0 Å². The molecule has 0 aromatic rings. The Labute approximate surface area is 97.1 Å². The molecule has 0 aromatic carbocycles. The molecule has 2 atom stereocenters. The Hall–Kier alpha value is -0.630. The van der Waals surface area contributed by atoms with Crippen molar-refractivity contribution in [2.45, 2.75) is 56.6 Å². The molecule has 0 saturated heterocycles. The van der Waals surface area contributed by atoms with E-state index >= 15 is 0 Å². The molecule has 2 unspecified atom stereocenters. The fraction of sp³-hybridized carbons (Fsp3) is 1.00. The van der Waals surface area contributed by atoms with Crippen LogP contribution in [-0.4, -0.2) is 29.4 Å². The van der Waals surface area contributed by atoms with E-state index in [0.717, 1.165) is 0 Å². The van der Waals surface area contributed by atoms with E-state index in [1.165, 1.54) is 0 Å². The molecule has 0 aliphatic heterocycles. The third-order valence-electron chi connectivity index (χ3n) is 3.04. The molecule has 110 valence electrons. The standard InChI is InChI=1S/C9H11F9/c1-4-7(12,5(2,10)8(13,14)15)6(3,11)9(16,17)18/h4H2,1-3H3. The smallest absolute Gasteiger partial charge is 0.236 e. The number of halogens is 9. The van der Waals surface area contributed by atoms with Crippen LogP contribution in [0, 0.1) is 0 Å². The summed E-state index contributed by atoms with van der Waals surface area (Å²) in [5, 5.41) is 0. The van der Waals surface area contributed by atoms with Crippen LogP contribution in [0.5, 0.6) is 0 Å². The Bertz CT molecular complexity index is 270. The highest BCUT2D eigenvalue weighted by molar-refractivity contribution is 5.14. The van der Waals surface area contributed by atoms with Crippen LogP contribution in [0.15, 0.2) is 0 Å². The van der Waals surface area contributed by atoms with E-state index in [0.29, 0.717) is 6.92 Å². The molecule has 0 aliphatic carbocycles. The van der Waals surface area contributed by atoms with Crippen LogP contribution >= 0.6 is 0 Å². The van der Waals surface area contributed by atoms with Gasteiger partial charge in [0.25, 0.3) is 0 Å². The zero-order valence-corrected chi connectivity index (χ0v) is 9.61. The van der Waals surface area contributed by atoms with Gasteiger partial charge in [-0.05, 0) is 20.3 Å². The first-order valence-corrected chi connectivity index (χ1v) is 4.76. The average Bonchev–Trinajstić information content (AvgIpc) is 2.12. The summed E-state index contributed by atoms with van der Waals surface area (Å²) in [5.74, 6) is 0. The Balaban J connectivity index is 5.96. The Morgan fingerprint density at radius 3 is 0.944 bits per heavy atom. The van der Waals surface area contributed by atoms with Crippen LogP contribution in [0.25, 0.3) is 0 Å². The second kappa shape index (κ2) is 4.19. The van der Waals surface area contributed by atoms with Crippen LogP contribution in [0.2, 0.25) is 0 Å². The van der Waals surface area contributed by atoms with Gasteiger partial charge in [-0.2, -0.15) is 26.3 Å². The minimum atomic E-state index is -5.98. The summed E-state index contributed by atoms with van der Waals surface area (Å²) < 4.78 is 114. The van der Waals surface area contributed by atoms with Gasteiger partial charge < -0.3 is 0 Å². The highest BCUT2D eigenvalue weighted by Crippen LogP contribution is 2.56. The second-order valence-electron chi connectivity index (χ2n) is 4.16. The van der Waals surface area contributed by atoms with E-state index in [1.54, 1.807) is 0 Å². The van der Waals surface area contributed by atoms with Gasteiger partial charge in [0, 0.05) is 0 Å². The fourth-order valence-corrected chi connectivity index (χ4v) is 1.55. The first-order chi connectivity index (χ1) is 7.56. The van der Waals surface area contributed by atoms with Crippen molar-refractivity contribution >= 4 is 0 Å². The normalized spacial score (nSPS) is 24.0. The van der Waals surface area contributed by atoms with E-state index in [9.17, 15) is 39.5 Å². The molecule has 0 aromatic heterocycles. The lowest BCUT2D eigenvalue weighted by Crippen LogP contribution is -2.68. The van der Waals surface area contributed by atoms with Gasteiger partial charge in [0.2, 0.25) is 11.3 Å². The van der Waals surface area contributed by atoms with Crippen molar-refractivity contribution in [3.63, 3.8) is 0 Å². The first kappa shape index (κ1) is 17.4. The molecular weight excluding hydrogens is 279 g/mol. The van der Waals surface area contributed by atoms with Crippen LogP contribution in [0.3, 0.4) is 0 Å². The van der Waals surface area contributed by atoms with Gasteiger partial charge >= 0.3 is 12.4 Å². The van der Waals surface area contributed by atoms with Gasteiger partial charge in [-0.1, -0.05) is 6.92 Å². The molecule has 0 heterocycles. The maximum absolute atomic E-state index is 13.9. The van der Waals surface area contributed by atoms with Gasteiger partial charge in [0.05, 0.1) is 0 Å². The number of hydrogen-bond donors (Lipinski definition) is 0. The van der Waals surface area contributed by atoms with E-state index in [2.05, 4.69) is 0 Å². The van der Waals surface area contributed by atoms with Crippen molar-refractivity contribution in [2.75, 3.05) is 0 Å². The van der Waals surface area contributed by atoms with E-state index < -0.39 is 49.6 Å². The molecule has 0 nitrogen and oxygen atoms in total. The molecule has 0 saturated carbocycles. The summed E-state index contributed by atoms with van der Waals surface area (Å²) in [6.45, 7) is -0.382. The zero-order chi connectivity index (χ0) is 15.2. The molecule has 0 fully saturated rings. The van der Waals surface area contributed by atoms with Crippen LogP contribution in [0.4, 0.5) is 39.5 Å². The summed E-state index contributed by atoms with van der Waals surface area (Å²) in [6, 6.07) is 0. The lowest BCUT2D eigenvalue weighted by molar-refractivity contribution is -0.335. The van der Waals surface area contributed by atoms with Crippen molar-refractivity contribution in [3.05, 3.63) is 0 Å². The number of alkyl halides is 9. The monoisotopic (exact) mass is 290 g/mol. The van der Waals surface area contributed by atoms with Gasteiger partial charge in [-0.15, -0.1) is 0 Å². The highest BCUT2D eigenvalue weighted by atomic mass is 19.4. The van der Waals surface area contributed by atoms with Crippen molar-refractivity contribution in [3.8, 4) is 0 Å². The minimum absolute atomic E-state index is 0.444. The van der Waals surface area contributed by atoms with Gasteiger partial charge in [0.15, 0.2) is 5.67 Å². The van der Waals surface area contributed by atoms with Crippen LogP contribution < -0.4 is 0 Å². The minimum Gasteiger partial charge on any atom is -0.236 e. The van der Waals surface area contributed by atoms with E-state index in [4.69, 9.17) is 0 Å². The largest absolute Gasteiger partial charge is 0.425 e. The van der Waals surface area contributed by atoms with Crippen molar-refractivity contribution in [1.82, 2.24) is 0 Å². The predicted molar refractivity (Wildman–Crippen MR) is 45.3 cm³/mol. The van der Waals surface area contributed by atoms with Crippen LogP contribution in [0.1, 0.15) is 27.2 Å². The van der Waals surface area contributed by atoms with Crippen LogP contribution in [-0.2, 0) is 0 Å². The highest BCUT2D eigenvalue weighted by Gasteiger charge is 2.78. The lowest BCUT2D eigenvalue weighted by Gasteiger charge is -2.45. The summed E-state index contributed by atoms with van der Waals surface area (Å²) in [4.78, 5) is 0. The quantitative estimate of drug-likeness (QED) is 0.662. The Morgan fingerprint density at radius 1 is 0.611 bits per heavy atom. The van der Waals surface area contributed by atoms with E-state index in [1.807, 2.05) is 0 Å². The predicted octanol–water partition coefficient (Wildman–Crippen LogP) is 4.69. The second-order valence-corrected chi connectivity index (χ2v) is 4.16. The molecule has 0 radical (unpaired) electrons. The molecule has 9 heteroatoms. The zero-order valence-electron chi connectivity index (χ0n) is 9.61. The summed E-state index contributed by atoms with van der Waals surface area (Å²) >= 11 is 0. The van der Waals surface area contributed by atoms with Crippen molar-refractivity contribution in [1.29, 1.82) is 0 Å². The van der Waals surface area contributed by atoms with Gasteiger partial charge in [-0.25, -0.2) is 13.2 Å². The molecule has 0 bridgehead atoms. The molecular formula is C9H11F9. The van der Waals surface area contributed by atoms with E-state index in [-0.39, 0.29) is 0 Å². The summed E-state index contributed by atoms with van der Waals surface area (Å²) in [5.41, 5.74) is -14.7. The van der Waals surface area contributed by atoms with Gasteiger partial charge in [0.1, 0.15) is 0 Å².